The Hall–Kier alpha value is -1.88. The standard InChI is InChI=1S/C9H6ClN3O2/c10-9-8(13(14)15)6-11-12(9)7-4-2-1-3-5-7/h1-6H. The molecule has 0 saturated carbocycles. The first-order valence-corrected chi connectivity index (χ1v) is 4.51. The number of aromatic nitrogens is 2. The highest BCUT2D eigenvalue weighted by Crippen LogP contribution is 2.25. The minimum Gasteiger partial charge on any atom is -0.258 e. The Morgan fingerprint density at radius 1 is 1.33 bits per heavy atom. The summed E-state index contributed by atoms with van der Waals surface area (Å²) in [4.78, 5) is 9.97. The lowest BCUT2D eigenvalue weighted by atomic mass is 10.3. The molecule has 1 heterocycles. The van der Waals surface area contributed by atoms with Gasteiger partial charge < -0.3 is 0 Å². The van der Waals surface area contributed by atoms with Crippen LogP contribution in [-0.2, 0) is 0 Å². The molecule has 15 heavy (non-hydrogen) atoms. The van der Waals surface area contributed by atoms with E-state index in [1.807, 2.05) is 6.07 Å². The molecule has 0 saturated heterocycles. The van der Waals surface area contributed by atoms with Gasteiger partial charge in [-0.3, -0.25) is 10.1 Å². The second kappa shape index (κ2) is 3.70. The predicted molar refractivity (Wildman–Crippen MR) is 55.2 cm³/mol. The molecule has 0 spiro atoms. The highest BCUT2D eigenvalue weighted by atomic mass is 35.5. The first kappa shape index (κ1) is 9.67. The van der Waals surface area contributed by atoms with E-state index in [9.17, 15) is 10.1 Å². The van der Waals surface area contributed by atoms with Crippen LogP contribution in [0, 0.1) is 10.1 Å². The van der Waals surface area contributed by atoms with E-state index < -0.39 is 4.92 Å². The largest absolute Gasteiger partial charge is 0.326 e. The minimum absolute atomic E-state index is 0.00574. The first-order valence-electron chi connectivity index (χ1n) is 4.13. The average molecular weight is 224 g/mol. The summed E-state index contributed by atoms with van der Waals surface area (Å²) in [6, 6.07) is 8.98. The summed E-state index contributed by atoms with van der Waals surface area (Å²) in [6.45, 7) is 0. The third-order valence-corrected chi connectivity index (χ3v) is 2.24. The quantitative estimate of drug-likeness (QED) is 0.580. The van der Waals surface area contributed by atoms with Crippen LogP contribution in [0.2, 0.25) is 5.15 Å². The first-order chi connectivity index (χ1) is 7.20. The highest BCUT2D eigenvalue weighted by Gasteiger charge is 2.18. The van der Waals surface area contributed by atoms with Crippen molar-refractivity contribution in [3.8, 4) is 5.69 Å². The number of halogens is 1. The van der Waals surface area contributed by atoms with E-state index >= 15 is 0 Å². The molecular weight excluding hydrogens is 218 g/mol. The van der Waals surface area contributed by atoms with Crippen molar-refractivity contribution >= 4 is 17.3 Å². The maximum absolute atomic E-state index is 10.5. The van der Waals surface area contributed by atoms with Gasteiger partial charge in [0.1, 0.15) is 6.20 Å². The van der Waals surface area contributed by atoms with Crippen molar-refractivity contribution in [2.45, 2.75) is 0 Å². The number of para-hydroxylation sites is 1. The molecule has 0 bridgehead atoms. The summed E-state index contributed by atoms with van der Waals surface area (Å²) < 4.78 is 1.32. The van der Waals surface area contributed by atoms with Crippen molar-refractivity contribution in [2.75, 3.05) is 0 Å². The van der Waals surface area contributed by atoms with E-state index in [2.05, 4.69) is 5.10 Å². The molecule has 5 nitrogen and oxygen atoms in total. The number of nitro groups is 1. The van der Waals surface area contributed by atoms with Crippen LogP contribution in [0.15, 0.2) is 36.5 Å². The molecule has 0 atom stereocenters. The van der Waals surface area contributed by atoms with E-state index in [0.29, 0.717) is 5.69 Å². The summed E-state index contributed by atoms with van der Waals surface area (Å²) >= 11 is 5.81. The van der Waals surface area contributed by atoms with Gasteiger partial charge >= 0.3 is 5.69 Å². The van der Waals surface area contributed by atoms with Crippen LogP contribution in [0.5, 0.6) is 0 Å². The smallest absolute Gasteiger partial charge is 0.258 e. The van der Waals surface area contributed by atoms with E-state index in [0.717, 1.165) is 6.20 Å². The fraction of sp³-hybridized carbons (Fsp3) is 0. The topological polar surface area (TPSA) is 61.0 Å². The predicted octanol–water partition coefficient (Wildman–Crippen LogP) is 2.43. The third-order valence-electron chi connectivity index (χ3n) is 1.89. The van der Waals surface area contributed by atoms with Crippen LogP contribution in [0.4, 0.5) is 5.69 Å². The normalized spacial score (nSPS) is 10.2. The summed E-state index contributed by atoms with van der Waals surface area (Å²) in [5.41, 5.74) is 0.496. The summed E-state index contributed by atoms with van der Waals surface area (Å²) in [5.74, 6) is 0. The molecule has 6 heteroatoms. The van der Waals surface area contributed by atoms with Gasteiger partial charge in [-0.25, -0.2) is 4.68 Å². The van der Waals surface area contributed by atoms with Gasteiger partial charge in [0.05, 0.1) is 10.6 Å². The van der Waals surface area contributed by atoms with Gasteiger partial charge in [-0.05, 0) is 12.1 Å². The molecule has 1 aromatic carbocycles. The van der Waals surface area contributed by atoms with E-state index in [1.54, 1.807) is 24.3 Å². The fourth-order valence-electron chi connectivity index (χ4n) is 1.20. The Kier molecular flexibility index (Phi) is 2.39. The Labute approximate surface area is 90.1 Å². The molecule has 2 rings (SSSR count). The Bertz CT molecular complexity index is 495. The van der Waals surface area contributed by atoms with Gasteiger partial charge in [0, 0.05) is 0 Å². The highest BCUT2D eigenvalue weighted by molar-refractivity contribution is 6.31. The van der Waals surface area contributed by atoms with Crippen molar-refractivity contribution in [1.82, 2.24) is 9.78 Å². The van der Waals surface area contributed by atoms with Crippen LogP contribution in [0.1, 0.15) is 0 Å². The lowest BCUT2D eigenvalue weighted by Gasteiger charge is -2.00. The zero-order chi connectivity index (χ0) is 10.8. The molecule has 0 radical (unpaired) electrons. The van der Waals surface area contributed by atoms with Crippen LogP contribution in [0.3, 0.4) is 0 Å². The number of nitrogens with zero attached hydrogens (tertiary/aromatic N) is 3. The molecule has 0 aliphatic rings. The van der Waals surface area contributed by atoms with Gasteiger partial charge in [-0.15, -0.1) is 0 Å². The Morgan fingerprint density at radius 2 is 2.00 bits per heavy atom. The van der Waals surface area contributed by atoms with E-state index in [4.69, 9.17) is 11.6 Å². The molecule has 0 aliphatic carbocycles. The molecule has 1 aromatic heterocycles. The van der Waals surface area contributed by atoms with Crippen molar-refractivity contribution < 1.29 is 4.92 Å². The Morgan fingerprint density at radius 3 is 2.53 bits per heavy atom. The molecule has 0 amide bonds. The van der Waals surface area contributed by atoms with Crippen molar-refractivity contribution in [3.63, 3.8) is 0 Å². The maximum Gasteiger partial charge on any atom is 0.326 e. The Balaban J connectivity index is 2.52. The zero-order valence-electron chi connectivity index (χ0n) is 7.50. The molecule has 0 N–H and O–H groups in total. The average Bonchev–Trinajstić information content (AvgIpc) is 2.61. The van der Waals surface area contributed by atoms with Gasteiger partial charge in [-0.1, -0.05) is 29.8 Å². The van der Waals surface area contributed by atoms with Gasteiger partial charge in [0.25, 0.3) is 0 Å². The summed E-state index contributed by atoms with van der Waals surface area (Å²) in [7, 11) is 0. The molecule has 2 aromatic rings. The van der Waals surface area contributed by atoms with Crippen molar-refractivity contribution in [2.24, 2.45) is 0 Å². The number of hydrogen-bond donors (Lipinski definition) is 0. The zero-order valence-corrected chi connectivity index (χ0v) is 8.26. The van der Waals surface area contributed by atoms with Gasteiger partial charge in [0.15, 0.2) is 0 Å². The van der Waals surface area contributed by atoms with Crippen molar-refractivity contribution in [1.29, 1.82) is 0 Å². The van der Waals surface area contributed by atoms with Crippen LogP contribution in [0.25, 0.3) is 5.69 Å². The van der Waals surface area contributed by atoms with Crippen molar-refractivity contribution in [3.05, 3.63) is 51.8 Å². The minimum atomic E-state index is -0.561. The fourth-order valence-corrected chi connectivity index (χ4v) is 1.46. The molecule has 0 fully saturated rings. The number of rotatable bonds is 2. The van der Waals surface area contributed by atoms with Crippen LogP contribution >= 0.6 is 11.6 Å². The second-order valence-corrected chi connectivity index (χ2v) is 3.18. The number of hydrogen-bond acceptors (Lipinski definition) is 3. The number of benzene rings is 1. The lowest BCUT2D eigenvalue weighted by Crippen LogP contribution is -1.95. The molecular formula is C9H6ClN3O2. The molecule has 76 valence electrons. The SMILES string of the molecule is O=[N+]([O-])c1cnn(-c2ccccc2)c1Cl. The van der Waals surface area contributed by atoms with E-state index in [-0.39, 0.29) is 10.8 Å². The molecule has 0 unspecified atom stereocenters. The van der Waals surface area contributed by atoms with Gasteiger partial charge in [0.2, 0.25) is 5.15 Å². The third kappa shape index (κ3) is 1.69. The van der Waals surface area contributed by atoms with E-state index in [1.165, 1.54) is 4.68 Å². The summed E-state index contributed by atoms with van der Waals surface area (Å²) in [6.07, 6.45) is 1.13. The summed E-state index contributed by atoms with van der Waals surface area (Å²) in [5, 5.41) is 14.4. The second-order valence-electron chi connectivity index (χ2n) is 2.83. The molecule has 0 aliphatic heterocycles. The van der Waals surface area contributed by atoms with Crippen LogP contribution < -0.4 is 0 Å². The lowest BCUT2D eigenvalue weighted by molar-refractivity contribution is -0.384. The maximum atomic E-state index is 10.5. The van der Waals surface area contributed by atoms with Crippen LogP contribution in [-0.4, -0.2) is 14.7 Å². The monoisotopic (exact) mass is 223 g/mol. The van der Waals surface area contributed by atoms with Gasteiger partial charge in [-0.2, -0.15) is 5.10 Å².